The summed E-state index contributed by atoms with van der Waals surface area (Å²) in [5.41, 5.74) is 2.76. The number of sulfone groups is 1. The molecule has 1 atom stereocenters. The molecule has 0 unspecified atom stereocenters. The first kappa shape index (κ1) is 17.3. The van der Waals surface area contributed by atoms with Gasteiger partial charge in [0.15, 0.2) is 9.84 Å². The van der Waals surface area contributed by atoms with Crippen molar-refractivity contribution < 1.29 is 13.2 Å². The Kier molecular flexibility index (Phi) is 4.85. The summed E-state index contributed by atoms with van der Waals surface area (Å²) in [7, 11) is -3.11. The number of aryl methyl sites for hydroxylation is 1. The van der Waals surface area contributed by atoms with Crippen molar-refractivity contribution in [1.29, 1.82) is 0 Å². The van der Waals surface area contributed by atoms with Gasteiger partial charge < -0.3 is 9.80 Å². The SMILES string of the molecule is Cc1ccc(N2CCCC2)c(C(=O)N2CCC[C@H](S(C)(=O)=O)C2)c1. The van der Waals surface area contributed by atoms with E-state index in [9.17, 15) is 13.2 Å². The minimum atomic E-state index is -3.11. The molecule has 2 aliphatic heterocycles. The largest absolute Gasteiger partial charge is 0.371 e. The molecule has 1 amide bonds. The third-order valence-corrected chi connectivity index (χ3v) is 6.70. The quantitative estimate of drug-likeness (QED) is 0.839. The number of carbonyl (C=O) groups is 1. The summed E-state index contributed by atoms with van der Waals surface area (Å²) in [5, 5.41) is -0.435. The summed E-state index contributed by atoms with van der Waals surface area (Å²) in [6.45, 7) is 4.90. The number of nitrogens with zero attached hydrogens (tertiary/aromatic N) is 2. The van der Waals surface area contributed by atoms with E-state index in [4.69, 9.17) is 0 Å². The topological polar surface area (TPSA) is 57.7 Å². The van der Waals surface area contributed by atoms with E-state index in [0.29, 0.717) is 25.1 Å². The second-order valence-corrected chi connectivity index (χ2v) is 9.39. The number of rotatable bonds is 3. The van der Waals surface area contributed by atoms with Crippen molar-refractivity contribution in [2.75, 3.05) is 37.3 Å². The Bertz CT molecular complexity index is 724. The predicted octanol–water partition coefficient (Wildman–Crippen LogP) is 2.24. The number of hydrogen-bond acceptors (Lipinski definition) is 4. The van der Waals surface area contributed by atoms with Gasteiger partial charge in [0.2, 0.25) is 0 Å². The summed E-state index contributed by atoms with van der Waals surface area (Å²) in [5.74, 6) is -0.0334. The smallest absolute Gasteiger partial charge is 0.256 e. The van der Waals surface area contributed by atoms with Crippen LogP contribution in [0.5, 0.6) is 0 Å². The second kappa shape index (κ2) is 6.75. The van der Waals surface area contributed by atoms with Crippen LogP contribution in [0.25, 0.3) is 0 Å². The van der Waals surface area contributed by atoms with E-state index in [1.54, 1.807) is 4.90 Å². The fraction of sp³-hybridized carbons (Fsp3) is 0.611. The molecule has 1 aromatic rings. The standard InChI is InChI=1S/C18H26N2O3S/c1-14-7-8-17(19-9-3-4-10-19)16(12-14)18(21)20-11-5-6-15(13-20)24(2,22)23/h7-8,12,15H,3-6,9-11,13H2,1-2H3/t15-/m0/s1. The number of benzene rings is 1. The third-order valence-electron chi connectivity index (χ3n) is 5.10. The van der Waals surface area contributed by atoms with Gasteiger partial charge in [0.25, 0.3) is 5.91 Å². The first-order valence-corrected chi connectivity index (χ1v) is 10.7. The third kappa shape index (κ3) is 3.58. The zero-order valence-electron chi connectivity index (χ0n) is 14.5. The molecule has 6 heteroatoms. The molecule has 2 aliphatic rings. The monoisotopic (exact) mass is 350 g/mol. The lowest BCUT2D eigenvalue weighted by Gasteiger charge is -2.33. The Hall–Kier alpha value is -1.56. The van der Waals surface area contributed by atoms with Crippen molar-refractivity contribution >= 4 is 21.4 Å². The van der Waals surface area contributed by atoms with E-state index in [1.807, 2.05) is 25.1 Å². The fourth-order valence-electron chi connectivity index (χ4n) is 3.70. The van der Waals surface area contributed by atoms with Gasteiger partial charge in [-0.1, -0.05) is 11.6 Å². The highest BCUT2D eigenvalue weighted by Crippen LogP contribution is 2.28. The Labute approximate surface area is 144 Å². The van der Waals surface area contributed by atoms with Crippen LogP contribution in [0.4, 0.5) is 5.69 Å². The first-order valence-electron chi connectivity index (χ1n) is 8.70. The molecule has 2 fully saturated rings. The van der Waals surface area contributed by atoms with Crippen LogP contribution in [0.3, 0.4) is 0 Å². The summed E-state index contributed by atoms with van der Waals surface area (Å²) in [6.07, 6.45) is 4.97. The summed E-state index contributed by atoms with van der Waals surface area (Å²) < 4.78 is 23.7. The van der Waals surface area contributed by atoms with E-state index < -0.39 is 15.1 Å². The average molecular weight is 350 g/mol. The molecule has 0 saturated carbocycles. The Morgan fingerprint density at radius 3 is 2.50 bits per heavy atom. The number of amides is 1. The Morgan fingerprint density at radius 1 is 1.12 bits per heavy atom. The van der Waals surface area contributed by atoms with Crippen LogP contribution < -0.4 is 4.90 Å². The highest BCUT2D eigenvalue weighted by Gasteiger charge is 2.31. The van der Waals surface area contributed by atoms with E-state index in [2.05, 4.69) is 4.90 Å². The second-order valence-electron chi connectivity index (χ2n) is 7.06. The Balaban J connectivity index is 1.87. The minimum Gasteiger partial charge on any atom is -0.371 e. The fourth-order valence-corrected chi connectivity index (χ4v) is 4.74. The molecular weight excluding hydrogens is 324 g/mol. The molecule has 2 saturated heterocycles. The van der Waals surface area contributed by atoms with Gasteiger partial charge >= 0.3 is 0 Å². The van der Waals surface area contributed by atoms with E-state index in [0.717, 1.165) is 43.6 Å². The lowest BCUT2D eigenvalue weighted by atomic mass is 10.0. The van der Waals surface area contributed by atoms with Crippen LogP contribution in [0.2, 0.25) is 0 Å². The van der Waals surface area contributed by atoms with Gasteiger partial charge in [0.1, 0.15) is 0 Å². The zero-order valence-corrected chi connectivity index (χ0v) is 15.3. The van der Waals surface area contributed by atoms with Crippen molar-refractivity contribution in [3.05, 3.63) is 29.3 Å². The normalized spacial score (nSPS) is 22.0. The molecule has 24 heavy (non-hydrogen) atoms. The lowest BCUT2D eigenvalue weighted by Crippen LogP contribution is -2.45. The number of anilines is 1. The van der Waals surface area contributed by atoms with Gasteiger partial charge in [-0.2, -0.15) is 0 Å². The molecule has 1 aromatic carbocycles. The molecule has 0 bridgehead atoms. The van der Waals surface area contributed by atoms with Crippen molar-refractivity contribution in [3.63, 3.8) is 0 Å². The molecular formula is C18H26N2O3S. The van der Waals surface area contributed by atoms with Gasteiger partial charge in [0, 0.05) is 38.1 Å². The van der Waals surface area contributed by atoms with Crippen LogP contribution >= 0.6 is 0 Å². The van der Waals surface area contributed by atoms with Crippen molar-refractivity contribution in [3.8, 4) is 0 Å². The highest BCUT2D eigenvalue weighted by molar-refractivity contribution is 7.91. The highest BCUT2D eigenvalue weighted by atomic mass is 32.2. The number of hydrogen-bond donors (Lipinski definition) is 0. The zero-order chi connectivity index (χ0) is 17.3. The van der Waals surface area contributed by atoms with Crippen LogP contribution in [0, 0.1) is 6.92 Å². The summed E-state index contributed by atoms with van der Waals surface area (Å²) >= 11 is 0. The number of piperidine rings is 1. The molecule has 0 spiro atoms. The molecule has 132 valence electrons. The summed E-state index contributed by atoms with van der Waals surface area (Å²) in [4.78, 5) is 17.1. The molecule has 5 nitrogen and oxygen atoms in total. The van der Waals surface area contributed by atoms with Crippen LogP contribution in [0.15, 0.2) is 18.2 Å². The van der Waals surface area contributed by atoms with Crippen molar-refractivity contribution in [2.24, 2.45) is 0 Å². The van der Waals surface area contributed by atoms with Gasteiger partial charge in [0.05, 0.1) is 10.8 Å². The maximum atomic E-state index is 13.1. The average Bonchev–Trinajstić information content (AvgIpc) is 3.07. The summed E-state index contributed by atoms with van der Waals surface area (Å²) in [6, 6.07) is 6.02. The van der Waals surface area contributed by atoms with Gasteiger partial charge in [-0.3, -0.25) is 4.79 Å². The predicted molar refractivity (Wildman–Crippen MR) is 96.4 cm³/mol. The van der Waals surface area contributed by atoms with E-state index in [1.165, 1.54) is 6.26 Å². The molecule has 0 radical (unpaired) electrons. The maximum absolute atomic E-state index is 13.1. The Morgan fingerprint density at radius 2 is 1.83 bits per heavy atom. The minimum absolute atomic E-state index is 0.0334. The van der Waals surface area contributed by atoms with Gasteiger partial charge in [-0.15, -0.1) is 0 Å². The molecule has 3 rings (SSSR count). The van der Waals surface area contributed by atoms with Crippen molar-refractivity contribution in [1.82, 2.24) is 4.90 Å². The van der Waals surface area contributed by atoms with Crippen LogP contribution in [-0.4, -0.2) is 56.9 Å². The number of likely N-dealkylation sites (tertiary alicyclic amines) is 1. The van der Waals surface area contributed by atoms with Gasteiger partial charge in [-0.25, -0.2) is 8.42 Å². The first-order chi connectivity index (χ1) is 11.4. The van der Waals surface area contributed by atoms with Crippen molar-refractivity contribution in [2.45, 2.75) is 37.9 Å². The maximum Gasteiger partial charge on any atom is 0.256 e. The van der Waals surface area contributed by atoms with Crippen LogP contribution in [-0.2, 0) is 9.84 Å². The molecule has 2 heterocycles. The van der Waals surface area contributed by atoms with E-state index in [-0.39, 0.29) is 5.91 Å². The van der Waals surface area contributed by atoms with Crippen LogP contribution in [0.1, 0.15) is 41.6 Å². The van der Waals surface area contributed by atoms with E-state index >= 15 is 0 Å². The number of carbonyl (C=O) groups excluding carboxylic acids is 1. The molecule has 0 aromatic heterocycles. The lowest BCUT2D eigenvalue weighted by molar-refractivity contribution is 0.0727. The van der Waals surface area contributed by atoms with Gasteiger partial charge in [-0.05, 0) is 44.7 Å². The molecule has 0 N–H and O–H groups in total. The molecule has 0 aliphatic carbocycles.